The Morgan fingerprint density at radius 1 is 1.58 bits per heavy atom. The van der Waals surface area contributed by atoms with Crippen LogP contribution in [0.1, 0.15) is 19.3 Å². The van der Waals surface area contributed by atoms with Crippen LogP contribution in [-0.4, -0.2) is 53.7 Å². The first-order valence-corrected chi connectivity index (χ1v) is 6.00. The summed E-state index contributed by atoms with van der Waals surface area (Å²) in [6, 6.07) is -2.24. The SMILES string of the molecule is C=CCC(NC(=O)N1CCCC1C(=O)OC)C(=O)O. The lowest BCUT2D eigenvalue weighted by Gasteiger charge is -2.24. The Morgan fingerprint density at radius 2 is 2.26 bits per heavy atom. The molecule has 0 aromatic rings. The maximum atomic E-state index is 12.0. The highest BCUT2D eigenvalue weighted by atomic mass is 16.5. The first kappa shape index (κ1) is 15.0. The molecule has 1 heterocycles. The molecule has 0 radical (unpaired) electrons. The number of hydrogen-bond donors (Lipinski definition) is 2. The molecule has 0 aliphatic carbocycles. The second kappa shape index (κ2) is 6.77. The smallest absolute Gasteiger partial charge is 0.328 e. The van der Waals surface area contributed by atoms with Gasteiger partial charge in [-0.2, -0.15) is 0 Å². The van der Waals surface area contributed by atoms with Crippen molar-refractivity contribution in [3.05, 3.63) is 12.7 Å². The summed E-state index contributed by atoms with van der Waals surface area (Å²) < 4.78 is 4.62. The van der Waals surface area contributed by atoms with Gasteiger partial charge in [-0.25, -0.2) is 14.4 Å². The van der Waals surface area contributed by atoms with E-state index in [-0.39, 0.29) is 6.42 Å². The minimum atomic E-state index is -1.14. The quantitative estimate of drug-likeness (QED) is 0.555. The van der Waals surface area contributed by atoms with Gasteiger partial charge >= 0.3 is 18.0 Å². The molecule has 2 N–H and O–H groups in total. The molecule has 2 amide bonds. The fourth-order valence-electron chi connectivity index (χ4n) is 2.01. The molecule has 106 valence electrons. The topological polar surface area (TPSA) is 95.9 Å². The Bertz CT molecular complexity index is 382. The van der Waals surface area contributed by atoms with Crippen LogP contribution in [0.5, 0.6) is 0 Å². The monoisotopic (exact) mass is 270 g/mol. The van der Waals surface area contributed by atoms with E-state index >= 15 is 0 Å². The van der Waals surface area contributed by atoms with Gasteiger partial charge in [-0.15, -0.1) is 6.58 Å². The van der Waals surface area contributed by atoms with Crippen LogP contribution in [0.2, 0.25) is 0 Å². The number of methoxy groups -OCH3 is 1. The predicted octanol–water partition coefficient (Wildman–Crippen LogP) is 0.363. The lowest BCUT2D eigenvalue weighted by atomic mass is 10.2. The first-order chi connectivity index (χ1) is 9.01. The van der Waals surface area contributed by atoms with E-state index in [1.54, 1.807) is 0 Å². The van der Waals surface area contributed by atoms with Gasteiger partial charge in [-0.1, -0.05) is 6.08 Å². The largest absolute Gasteiger partial charge is 0.480 e. The molecule has 19 heavy (non-hydrogen) atoms. The molecule has 0 aromatic heterocycles. The second-order valence-electron chi connectivity index (χ2n) is 4.24. The van der Waals surface area contributed by atoms with E-state index in [2.05, 4.69) is 16.6 Å². The highest BCUT2D eigenvalue weighted by molar-refractivity contribution is 5.87. The average Bonchev–Trinajstić information content (AvgIpc) is 2.86. The molecule has 0 spiro atoms. The number of esters is 1. The molecule has 2 atom stereocenters. The fourth-order valence-corrected chi connectivity index (χ4v) is 2.01. The number of carbonyl (C=O) groups excluding carboxylic acids is 2. The van der Waals surface area contributed by atoms with Gasteiger partial charge in [0, 0.05) is 6.54 Å². The third-order valence-electron chi connectivity index (χ3n) is 2.99. The van der Waals surface area contributed by atoms with Crippen molar-refractivity contribution in [1.82, 2.24) is 10.2 Å². The van der Waals surface area contributed by atoms with Gasteiger partial charge < -0.3 is 20.1 Å². The van der Waals surface area contributed by atoms with Gasteiger partial charge in [-0.3, -0.25) is 0 Å². The number of urea groups is 1. The van der Waals surface area contributed by atoms with Crippen molar-refractivity contribution in [3.63, 3.8) is 0 Å². The van der Waals surface area contributed by atoms with Crippen LogP contribution in [0.25, 0.3) is 0 Å². The maximum Gasteiger partial charge on any atom is 0.328 e. The maximum absolute atomic E-state index is 12.0. The van der Waals surface area contributed by atoms with Gasteiger partial charge in [0.1, 0.15) is 12.1 Å². The number of ether oxygens (including phenoxy) is 1. The standard InChI is InChI=1S/C12H18N2O5/c1-3-5-8(10(15)16)13-12(18)14-7-4-6-9(14)11(17)19-2/h3,8-9H,1,4-7H2,2H3,(H,13,18)(H,15,16). The number of likely N-dealkylation sites (tertiary alicyclic amines) is 1. The summed E-state index contributed by atoms with van der Waals surface area (Å²) in [5.41, 5.74) is 0. The number of carboxylic acids is 1. The van der Waals surface area contributed by atoms with E-state index in [9.17, 15) is 14.4 Å². The zero-order valence-electron chi connectivity index (χ0n) is 10.8. The number of nitrogens with one attached hydrogen (secondary N) is 1. The molecule has 0 bridgehead atoms. The van der Waals surface area contributed by atoms with Crippen LogP contribution in [-0.2, 0) is 14.3 Å². The molecular weight excluding hydrogens is 252 g/mol. The van der Waals surface area contributed by atoms with Gasteiger partial charge in [0.05, 0.1) is 7.11 Å². The number of carboxylic acid groups (broad SMARTS) is 1. The zero-order valence-corrected chi connectivity index (χ0v) is 10.8. The van der Waals surface area contributed by atoms with E-state index in [0.717, 1.165) is 0 Å². The summed E-state index contributed by atoms with van der Waals surface area (Å²) in [7, 11) is 1.26. The molecule has 2 unspecified atom stereocenters. The molecule has 1 saturated heterocycles. The summed E-state index contributed by atoms with van der Waals surface area (Å²) >= 11 is 0. The van der Waals surface area contributed by atoms with E-state index in [4.69, 9.17) is 5.11 Å². The molecule has 1 rings (SSSR count). The predicted molar refractivity (Wildman–Crippen MR) is 66.5 cm³/mol. The van der Waals surface area contributed by atoms with E-state index in [1.807, 2.05) is 0 Å². The Labute approximate surface area is 111 Å². The second-order valence-corrected chi connectivity index (χ2v) is 4.24. The van der Waals surface area contributed by atoms with Gasteiger partial charge in [0.15, 0.2) is 0 Å². The molecule has 1 fully saturated rings. The Kier molecular flexibility index (Phi) is 5.35. The molecule has 7 heteroatoms. The van der Waals surface area contributed by atoms with Crippen LogP contribution >= 0.6 is 0 Å². The third-order valence-corrected chi connectivity index (χ3v) is 2.99. The van der Waals surface area contributed by atoms with Crippen LogP contribution in [0.15, 0.2) is 12.7 Å². The van der Waals surface area contributed by atoms with Crippen molar-refractivity contribution >= 4 is 18.0 Å². The Balaban J connectivity index is 2.68. The number of aliphatic carboxylic acids is 1. The molecule has 0 saturated carbocycles. The van der Waals surface area contributed by atoms with E-state index in [0.29, 0.717) is 19.4 Å². The minimum absolute atomic E-state index is 0.123. The van der Waals surface area contributed by atoms with Crippen LogP contribution < -0.4 is 5.32 Å². The number of nitrogens with zero attached hydrogens (tertiary/aromatic N) is 1. The zero-order chi connectivity index (χ0) is 14.4. The number of rotatable bonds is 5. The lowest BCUT2D eigenvalue weighted by Crippen LogP contribution is -2.51. The summed E-state index contributed by atoms with van der Waals surface area (Å²) in [6.07, 6.45) is 2.75. The molecule has 1 aliphatic heterocycles. The molecular formula is C12H18N2O5. The lowest BCUT2D eigenvalue weighted by molar-refractivity contribution is -0.144. The molecule has 1 aliphatic rings. The number of carbonyl (C=O) groups is 3. The summed E-state index contributed by atoms with van der Waals surface area (Å²) in [4.78, 5) is 35.7. The fraction of sp³-hybridized carbons (Fsp3) is 0.583. The van der Waals surface area contributed by atoms with Gasteiger partial charge in [0.2, 0.25) is 0 Å². The highest BCUT2D eigenvalue weighted by Gasteiger charge is 2.36. The van der Waals surface area contributed by atoms with Gasteiger partial charge in [0.25, 0.3) is 0 Å². The summed E-state index contributed by atoms with van der Waals surface area (Å²) in [5.74, 6) is -1.62. The van der Waals surface area contributed by atoms with E-state index in [1.165, 1.54) is 18.1 Å². The number of hydrogen-bond acceptors (Lipinski definition) is 4. The van der Waals surface area contributed by atoms with Crippen LogP contribution in [0, 0.1) is 0 Å². The Hall–Kier alpha value is -2.05. The van der Waals surface area contributed by atoms with E-state index < -0.39 is 30.1 Å². The van der Waals surface area contributed by atoms with Crippen molar-refractivity contribution in [2.24, 2.45) is 0 Å². The molecule has 7 nitrogen and oxygen atoms in total. The van der Waals surface area contributed by atoms with Crippen molar-refractivity contribution in [1.29, 1.82) is 0 Å². The van der Waals surface area contributed by atoms with Crippen LogP contribution in [0.4, 0.5) is 4.79 Å². The Morgan fingerprint density at radius 3 is 2.79 bits per heavy atom. The average molecular weight is 270 g/mol. The minimum Gasteiger partial charge on any atom is -0.480 e. The number of amides is 2. The summed E-state index contributed by atoms with van der Waals surface area (Å²) in [6.45, 7) is 3.85. The van der Waals surface area contributed by atoms with Crippen molar-refractivity contribution < 1.29 is 24.2 Å². The van der Waals surface area contributed by atoms with Crippen molar-refractivity contribution in [2.75, 3.05) is 13.7 Å². The van der Waals surface area contributed by atoms with Crippen molar-refractivity contribution in [3.8, 4) is 0 Å². The third kappa shape index (κ3) is 3.70. The normalized spacial score (nSPS) is 19.6. The van der Waals surface area contributed by atoms with Gasteiger partial charge in [-0.05, 0) is 19.3 Å². The molecule has 0 aromatic carbocycles. The first-order valence-electron chi connectivity index (χ1n) is 6.00. The van der Waals surface area contributed by atoms with Crippen molar-refractivity contribution in [2.45, 2.75) is 31.3 Å². The summed E-state index contributed by atoms with van der Waals surface area (Å²) in [5, 5.41) is 11.3. The van der Waals surface area contributed by atoms with Crippen LogP contribution in [0.3, 0.4) is 0 Å². The highest BCUT2D eigenvalue weighted by Crippen LogP contribution is 2.18.